The average molecular weight is 348 g/mol. The molecule has 6 heteroatoms. The molecule has 3 aliphatic rings. The van der Waals surface area contributed by atoms with Gasteiger partial charge in [-0.25, -0.2) is 0 Å². The Morgan fingerprint density at radius 2 is 2.00 bits per heavy atom. The molecule has 4 rings (SSSR count). The summed E-state index contributed by atoms with van der Waals surface area (Å²) in [6.45, 7) is 2.39. The molecule has 0 aliphatic carbocycles. The van der Waals surface area contributed by atoms with Gasteiger partial charge in [-0.15, -0.1) is 0 Å². The molecular weight excluding hydrogens is 326 g/mol. The molecule has 3 aliphatic heterocycles. The van der Waals surface area contributed by atoms with Crippen LogP contribution in [0.1, 0.15) is 25.7 Å². The van der Waals surface area contributed by atoms with E-state index in [0.29, 0.717) is 24.0 Å². The molecule has 3 unspecified atom stereocenters. The van der Waals surface area contributed by atoms with Crippen molar-refractivity contribution in [2.75, 3.05) is 24.5 Å². The first-order chi connectivity index (χ1) is 11.6. The molecule has 128 valence electrons. The summed E-state index contributed by atoms with van der Waals surface area (Å²) in [5.74, 6) is -0.593. The van der Waals surface area contributed by atoms with Crippen LogP contribution in [0.5, 0.6) is 0 Å². The van der Waals surface area contributed by atoms with Crippen LogP contribution >= 0.6 is 11.6 Å². The zero-order chi connectivity index (χ0) is 16.7. The Bertz CT molecular complexity index is 651. The fourth-order valence-electron chi connectivity index (χ4n) is 4.33. The number of rotatable bonds is 2. The van der Waals surface area contributed by atoms with Crippen LogP contribution in [0.2, 0.25) is 5.02 Å². The molecule has 1 N–H and O–H groups in total. The molecule has 5 nitrogen and oxygen atoms in total. The van der Waals surface area contributed by atoms with Gasteiger partial charge in [-0.3, -0.25) is 9.59 Å². The number of anilines is 1. The molecule has 24 heavy (non-hydrogen) atoms. The molecule has 2 bridgehead atoms. The van der Waals surface area contributed by atoms with Gasteiger partial charge in [-0.1, -0.05) is 17.7 Å². The van der Waals surface area contributed by atoms with Crippen molar-refractivity contribution >= 4 is 29.1 Å². The summed E-state index contributed by atoms with van der Waals surface area (Å²) in [6, 6.07) is 7.82. The third-order valence-electron chi connectivity index (χ3n) is 5.53. The van der Waals surface area contributed by atoms with Gasteiger partial charge in [0, 0.05) is 35.9 Å². The van der Waals surface area contributed by atoms with E-state index in [1.807, 2.05) is 17.0 Å². The van der Waals surface area contributed by atoms with Gasteiger partial charge >= 0.3 is 0 Å². The van der Waals surface area contributed by atoms with Crippen molar-refractivity contribution in [1.82, 2.24) is 10.2 Å². The summed E-state index contributed by atoms with van der Waals surface area (Å²) in [4.78, 5) is 29.7. The number of carbonyl (C=O) groups excluding carboxylic acids is 2. The van der Waals surface area contributed by atoms with E-state index < -0.39 is 5.92 Å². The van der Waals surface area contributed by atoms with Crippen LogP contribution in [-0.4, -0.2) is 48.4 Å². The smallest absolute Gasteiger partial charge is 0.239 e. The van der Waals surface area contributed by atoms with Crippen LogP contribution in [0, 0.1) is 5.92 Å². The summed E-state index contributed by atoms with van der Waals surface area (Å²) in [6.07, 6.45) is 3.69. The van der Waals surface area contributed by atoms with Crippen LogP contribution < -0.4 is 10.2 Å². The summed E-state index contributed by atoms with van der Waals surface area (Å²) < 4.78 is 0. The van der Waals surface area contributed by atoms with E-state index in [4.69, 9.17) is 11.6 Å². The Morgan fingerprint density at radius 3 is 2.83 bits per heavy atom. The monoisotopic (exact) mass is 347 g/mol. The van der Waals surface area contributed by atoms with Crippen LogP contribution in [0.4, 0.5) is 5.69 Å². The van der Waals surface area contributed by atoms with Crippen molar-refractivity contribution < 1.29 is 9.59 Å². The van der Waals surface area contributed by atoms with Crippen molar-refractivity contribution in [2.45, 2.75) is 37.8 Å². The van der Waals surface area contributed by atoms with Crippen molar-refractivity contribution in [3.63, 3.8) is 0 Å². The number of fused-ring (bicyclic) bond motifs is 2. The van der Waals surface area contributed by atoms with Gasteiger partial charge in [0.1, 0.15) is 5.92 Å². The Labute approximate surface area is 146 Å². The van der Waals surface area contributed by atoms with Crippen LogP contribution in [0.25, 0.3) is 0 Å². The first-order valence-electron chi connectivity index (χ1n) is 8.75. The van der Waals surface area contributed by atoms with E-state index in [1.54, 1.807) is 17.0 Å². The van der Waals surface area contributed by atoms with E-state index in [1.165, 1.54) is 0 Å². The van der Waals surface area contributed by atoms with Crippen molar-refractivity contribution in [3.05, 3.63) is 29.3 Å². The number of halogens is 1. The minimum atomic E-state index is -0.537. The highest BCUT2D eigenvalue weighted by atomic mass is 35.5. The molecule has 0 saturated carbocycles. The zero-order valence-corrected chi connectivity index (χ0v) is 14.3. The van der Waals surface area contributed by atoms with E-state index in [9.17, 15) is 9.59 Å². The number of hydrogen-bond donors (Lipinski definition) is 1. The van der Waals surface area contributed by atoms with Gasteiger partial charge in [0.2, 0.25) is 11.8 Å². The Morgan fingerprint density at radius 1 is 1.17 bits per heavy atom. The lowest BCUT2D eigenvalue weighted by molar-refractivity contribution is -0.142. The molecule has 0 spiro atoms. The number of carbonyl (C=O) groups is 2. The molecule has 3 heterocycles. The second kappa shape index (κ2) is 6.37. The fourth-order valence-corrected chi connectivity index (χ4v) is 4.52. The minimum absolute atomic E-state index is 0.0285. The molecule has 1 aromatic rings. The molecule has 0 aromatic heterocycles. The van der Waals surface area contributed by atoms with E-state index in [2.05, 4.69) is 5.32 Å². The van der Waals surface area contributed by atoms with E-state index in [-0.39, 0.29) is 17.9 Å². The number of nitrogens with zero attached hydrogens (tertiary/aromatic N) is 2. The van der Waals surface area contributed by atoms with Gasteiger partial charge in [0.15, 0.2) is 0 Å². The predicted molar refractivity (Wildman–Crippen MR) is 93.1 cm³/mol. The normalized spacial score (nSPS) is 29.9. The summed E-state index contributed by atoms with van der Waals surface area (Å²) in [5.41, 5.74) is 0.781. The Hall–Kier alpha value is -1.59. The summed E-state index contributed by atoms with van der Waals surface area (Å²) in [7, 11) is 0. The summed E-state index contributed by atoms with van der Waals surface area (Å²) >= 11 is 6.04. The third kappa shape index (κ3) is 2.70. The quantitative estimate of drug-likeness (QED) is 0.833. The van der Waals surface area contributed by atoms with E-state index >= 15 is 0 Å². The molecule has 0 radical (unpaired) electrons. The largest absolute Gasteiger partial charge is 0.335 e. The molecular formula is C18H22ClN3O2. The maximum Gasteiger partial charge on any atom is 0.239 e. The predicted octanol–water partition coefficient (Wildman–Crippen LogP) is 2.05. The molecule has 3 saturated heterocycles. The lowest BCUT2D eigenvalue weighted by Crippen LogP contribution is -2.47. The van der Waals surface area contributed by atoms with Gasteiger partial charge in [0.05, 0.1) is 0 Å². The standard InChI is InChI=1S/C18H22ClN3O2/c19-12-2-1-3-14(10-12)21-9-7-16(17(21)23)18(24)22-13-4-5-15(22)11-20-8-6-13/h1-3,10,13,15-16,20H,4-9,11H2. The Balaban J connectivity index is 1.53. The second-order valence-electron chi connectivity index (χ2n) is 6.93. The van der Waals surface area contributed by atoms with Gasteiger partial charge in [-0.2, -0.15) is 0 Å². The second-order valence-corrected chi connectivity index (χ2v) is 7.37. The van der Waals surface area contributed by atoms with Crippen molar-refractivity contribution in [3.8, 4) is 0 Å². The number of hydrogen-bond acceptors (Lipinski definition) is 3. The lowest BCUT2D eigenvalue weighted by atomic mass is 10.0. The highest BCUT2D eigenvalue weighted by molar-refractivity contribution is 6.31. The summed E-state index contributed by atoms with van der Waals surface area (Å²) in [5, 5.41) is 4.01. The maximum atomic E-state index is 13.1. The third-order valence-corrected chi connectivity index (χ3v) is 5.77. The first-order valence-corrected chi connectivity index (χ1v) is 9.13. The highest BCUT2D eigenvalue weighted by Crippen LogP contribution is 2.33. The Kier molecular flexibility index (Phi) is 4.22. The number of amides is 2. The first kappa shape index (κ1) is 15.9. The van der Waals surface area contributed by atoms with Crippen LogP contribution in [0.3, 0.4) is 0 Å². The molecule has 3 atom stereocenters. The van der Waals surface area contributed by atoms with Crippen molar-refractivity contribution in [2.24, 2.45) is 5.92 Å². The van der Waals surface area contributed by atoms with Gasteiger partial charge < -0.3 is 15.1 Å². The van der Waals surface area contributed by atoms with Gasteiger partial charge in [-0.05, 0) is 50.4 Å². The van der Waals surface area contributed by atoms with Gasteiger partial charge in [0.25, 0.3) is 0 Å². The minimum Gasteiger partial charge on any atom is -0.335 e. The average Bonchev–Trinajstić information content (AvgIpc) is 3.05. The molecule has 2 amide bonds. The lowest BCUT2D eigenvalue weighted by Gasteiger charge is -2.30. The van der Waals surface area contributed by atoms with E-state index in [0.717, 1.165) is 38.0 Å². The topological polar surface area (TPSA) is 52.7 Å². The van der Waals surface area contributed by atoms with Crippen LogP contribution in [0.15, 0.2) is 24.3 Å². The maximum absolute atomic E-state index is 13.1. The highest BCUT2D eigenvalue weighted by Gasteiger charge is 2.45. The van der Waals surface area contributed by atoms with Crippen LogP contribution in [-0.2, 0) is 9.59 Å². The number of nitrogens with one attached hydrogen (secondary N) is 1. The van der Waals surface area contributed by atoms with Crippen molar-refractivity contribution in [1.29, 1.82) is 0 Å². The molecule has 1 aromatic carbocycles. The fraction of sp³-hybridized carbons (Fsp3) is 0.556. The number of benzene rings is 1. The molecule has 3 fully saturated rings. The SMILES string of the molecule is O=C1C(C(=O)N2C3CCNCC2CC3)CCN1c1cccc(Cl)c1. The zero-order valence-electron chi connectivity index (χ0n) is 13.6.